The molecule has 1 aromatic heterocycles. The number of hydrogen-bond donors (Lipinski definition) is 2. The van der Waals surface area contributed by atoms with E-state index in [1.54, 1.807) is 36.4 Å². The third kappa shape index (κ3) is 4.95. The molecule has 0 saturated heterocycles. The van der Waals surface area contributed by atoms with Crippen molar-refractivity contribution in [1.29, 1.82) is 0 Å². The summed E-state index contributed by atoms with van der Waals surface area (Å²) in [5, 5.41) is 20.9. The summed E-state index contributed by atoms with van der Waals surface area (Å²) < 4.78 is 11.1. The van der Waals surface area contributed by atoms with Crippen LogP contribution >= 0.6 is 11.6 Å². The fraction of sp³-hybridized carbons (Fsp3) is 0.100. The number of halogens is 1. The van der Waals surface area contributed by atoms with Crippen LogP contribution in [0, 0.1) is 10.1 Å². The van der Waals surface area contributed by atoms with Gasteiger partial charge in [-0.3, -0.25) is 14.9 Å². The minimum Gasteiger partial charge on any atom is -0.493 e. The second kappa shape index (κ2) is 9.10. The Hall–Kier alpha value is -3.85. The lowest BCUT2D eigenvalue weighted by Crippen LogP contribution is -2.14. The van der Waals surface area contributed by atoms with E-state index in [2.05, 4.69) is 9.97 Å². The van der Waals surface area contributed by atoms with Gasteiger partial charge in [-0.25, -0.2) is 0 Å². The van der Waals surface area contributed by atoms with Crippen LogP contribution < -0.4 is 15.0 Å². The minimum atomic E-state index is -1.05. The second-order valence-electron chi connectivity index (χ2n) is 6.04. The predicted octanol–water partition coefficient (Wildman–Crippen LogP) is 3.80. The van der Waals surface area contributed by atoms with E-state index in [1.807, 2.05) is 12.1 Å². The van der Waals surface area contributed by atoms with Crippen LogP contribution in [0.15, 0.2) is 47.3 Å². The number of aromatic hydroxyl groups is 1. The molecular formula is C20H16ClN3O6. The van der Waals surface area contributed by atoms with Gasteiger partial charge in [-0.05, 0) is 41.5 Å². The lowest BCUT2D eigenvalue weighted by Gasteiger charge is -2.11. The molecule has 9 nitrogen and oxygen atoms in total. The van der Waals surface area contributed by atoms with Gasteiger partial charge in [0.25, 0.3) is 5.88 Å². The number of nitro groups is 1. The van der Waals surface area contributed by atoms with Gasteiger partial charge in [-0.1, -0.05) is 35.9 Å². The van der Waals surface area contributed by atoms with E-state index >= 15 is 0 Å². The van der Waals surface area contributed by atoms with Gasteiger partial charge in [0.15, 0.2) is 11.5 Å². The Balaban J connectivity index is 1.76. The summed E-state index contributed by atoms with van der Waals surface area (Å²) in [4.78, 5) is 27.3. The Morgan fingerprint density at radius 2 is 1.93 bits per heavy atom. The standard InChI is InChI=1S/C20H16ClN3O6/c1-29-16-10-12(4-8-15(16)30-11-13-2-6-14(21)7-3-13)5-9-17-22-19(25)18(24(27)28)20(26)23-17/h2-10H,11H2,1H3,(H2,22,23,25,26). The van der Waals surface area contributed by atoms with E-state index < -0.39 is 22.0 Å². The zero-order valence-corrected chi connectivity index (χ0v) is 16.4. The van der Waals surface area contributed by atoms with Crippen LogP contribution in [0.25, 0.3) is 12.2 Å². The van der Waals surface area contributed by atoms with Gasteiger partial charge in [0.05, 0.1) is 12.0 Å². The summed E-state index contributed by atoms with van der Waals surface area (Å²) in [6, 6.07) is 12.5. The van der Waals surface area contributed by atoms with E-state index in [9.17, 15) is 20.0 Å². The molecule has 0 aliphatic heterocycles. The molecule has 154 valence electrons. The Bertz CT molecular complexity index is 1160. The number of rotatable bonds is 7. The number of aromatic amines is 1. The molecule has 0 aliphatic carbocycles. The van der Waals surface area contributed by atoms with Crippen molar-refractivity contribution in [3.63, 3.8) is 0 Å². The number of hydrogen-bond acceptors (Lipinski definition) is 7. The van der Waals surface area contributed by atoms with Gasteiger partial charge in [0.2, 0.25) is 0 Å². The van der Waals surface area contributed by atoms with Gasteiger partial charge >= 0.3 is 11.2 Å². The summed E-state index contributed by atoms with van der Waals surface area (Å²) in [7, 11) is 1.51. The number of nitrogens with one attached hydrogen (secondary N) is 1. The topological polar surface area (TPSA) is 128 Å². The molecule has 0 bridgehead atoms. The first-order valence-corrected chi connectivity index (χ1v) is 8.96. The Morgan fingerprint density at radius 3 is 2.57 bits per heavy atom. The fourth-order valence-corrected chi connectivity index (χ4v) is 2.67. The molecule has 2 aromatic carbocycles. The predicted molar refractivity (Wildman–Crippen MR) is 111 cm³/mol. The first-order chi connectivity index (χ1) is 14.4. The quantitative estimate of drug-likeness (QED) is 0.432. The molecule has 0 saturated carbocycles. The second-order valence-corrected chi connectivity index (χ2v) is 6.48. The van der Waals surface area contributed by atoms with E-state index in [1.165, 1.54) is 13.2 Å². The molecule has 0 radical (unpaired) electrons. The van der Waals surface area contributed by atoms with Gasteiger partial charge < -0.3 is 19.6 Å². The maximum atomic E-state index is 11.7. The largest absolute Gasteiger partial charge is 0.493 e. The van der Waals surface area contributed by atoms with Crippen molar-refractivity contribution in [2.24, 2.45) is 0 Å². The molecule has 2 N–H and O–H groups in total. The lowest BCUT2D eigenvalue weighted by molar-refractivity contribution is -0.387. The zero-order chi connectivity index (χ0) is 21.7. The number of aromatic nitrogens is 2. The SMILES string of the molecule is COc1cc(C=Cc2nc(O)c([N+](=O)[O-])c(=O)[nH]2)ccc1OCc1ccc(Cl)cc1. The lowest BCUT2D eigenvalue weighted by atomic mass is 10.2. The maximum Gasteiger partial charge on any atom is 0.395 e. The normalized spacial score (nSPS) is 10.9. The highest BCUT2D eigenvalue weighted by Crippen LogP contribution is 2.29. The molecule has 1 heterocycles. The summed E-state index contributed by atoms with van der Waals surface area (Å²) in [5.41, 5.74) is -0.420. The van der Waals surface area contributed by atoms with Crippen molar-refractivity contribution in [2.75, 3.05) is 7.11 Å². The molecule has 0 atom stereocenters. The van der Waals surface area contributed by atoms with Gasteiger partial charge in [0.1, 0.15) is 12.4 Å². The molecule has 3 rings (SSSR count). The highest BCUT2D eigenvalue weighted by molar-refractivity contribution is 6.30. The van der Waals surface area contributed by atoms with Gasteiger partial charge in [-0.15, -0.1) is 0 Å². The van der Waals surface area contributed by atoms with Crippen LogP contribution in [0.1, 0.15) is 17.0 Å². The number of benzene rings is 2. The fourth-order valence-electron chi connectivity index (χ4n) is 2.54. The number of nitrogens with zero attached hydrogens (tertiary/aromatic N) is 2. The van der Waals surface area contributed by atoms with Crippen LogP contribution in [0.4, 0.5) is 5.69 Å². The van der Waals surface area contributed by atoms with Gasteiger partial charge in [0, 0.05) is 5.02 Å². The third-order valence-corrected chi connectivity index (χ3v) is 4.26. The number of H-pyrrole nitrogens is 1. The van der Waals surface area contributed by atoms with Gasteiger partial charge in [-0.2, -0.15) is 4.98 Å². The van der Waals surface area contributed by atoms with Crippen molar-refractivity contribution in [3.05, 3.63) is 84.9 Å². The van der Waals surface area contributed by atoms with Crippen molar-refractivity contribution in [3.8, 4) is 17.4 Å². The molecule has 10 heteroatoms. The Morgan fingerprint density at radius 1 is 1.20 bits per heavy atom. The molecule has 30 heavy (non-hydrogen) atoms. The smallest absolute Gasteiger partial charge is 0.395 e. The first-order valence-electron chi connectivity index (χ1n) is 8.58. The van der Waals surface area contributed by atoms with Crippen molar-refractivity contribution in [1.82, 2.24) is 9.97 Å². The molecule has 0 fully saturated rings. The Kier molecular flexibility index (Phi) is 6.33. The third-order valence-electron chi connectivity index (χ3n) is 4.01. The minimum absolute atomic E-state index is 0.0369. The van der Waals surface area contributed by atoms with Crippen molar-refractivity contribution in [2.45, 2.75) is 6.61 Å². The van der Waals surface area contributed by atoms with E-state index in [0.717, 1.165) is 5.56 Å². The molecule has 3 aromatic rings. The Labute approximate surface area is 175 Å². The first kappa shape index (κ1) is 20.9. The highest BCUT2D eigenvalue weighted by atomic mass is 35.5. The molecule has 0 amide bonds. The summed E-state index contributed by atoms with van der Waals surface area (Å²) in [6.45, 7) is 0.329. The van der Waals surface area contributed by atoms with Crippen molar-refractivity contribution >= 4 is 29.4 Å². The average molecular weight is 430 g/mol. The average Bonchev–Trinajstić information content (AvgIpc) is 2.71. The van der Waals surface area contributed by atoms with E-state index in [-0.39, 0.29) is 5.82 Å². The number of ether oxygens (including phenoxy) is 2. The highest BCUT2D eigenvalue weighted by Gasteiger charge is 2.21. The maximum absolute atomic E-state index is 11.7. The van der Waals surface area contributed by atoms with E-state index in [4.69, 9.17) is 21.1 Å². The summed E-state index contributed by atoms with van der Waals surface area (Å²) in [5.74, 6) is 0.0280. The van der Waals surface area contributed by atoms with Crippen molar-refractivity contribution < 1.29 is 19.5 Å². The van der Waals surface area contributed by atoms with Crippen LogP contribution in [-0.4, -0.2) is 27.1 Å². The summed E-state index contributed by atoms with van der Waals surface area (Å²) >= 11 is 5.87. The van der Waals surface area contributed by atoms with Crippen LogP contribution in [0.2, 0.25) is 5.02 Å². The zero-order valence-electron chi connectivity index (χ0n) is 15.7. The van der Waals surface area contributed by atoms with Crippen LogP contribution in [0.3, 0.4) is 0 Å². The van der Waals surface area contributed by atoms with Crippen LogP contribution in [0.5, 0.6) is 17.4 Å². The monoisotopic (exact) mass is 429 g/mol. The number of methoxy groups -OCH3 is 1. The van der Waals surface area contributed by atoms with Crippen LogP contribution in [-0.2, 0) is 6.61 Å². The van der Waals surface area contributed by atoms with E-state index in [0.29, 0.717) is 28.7 Å². The molecule has 0 spiro atoms. The molecule has 0 aliphatic rings. The molecular weight excluding hydrogens is 414 g/mol. The summed E-state index contributed by atoms with van der Waals surface area (Å²) in [6.07, 6.45) is 2.99. The molecule has 0 unspecified atom stereocenters.